The summed E-state index contributed by atoms with van der Waals surface area (Å²) in [5, 5.41) is 9.15. The number of hydrogen-bond donors (Lipinski definition) is 2. The first kappa shape index (κ1) is 19.8. The zero-order valence-electron chi connectivity index (χ0n) is 14.2. The third kappa shape index (κ3) is 4.12. The van der Waals surface area contributed by atoms with Gasteiger partial charge in [0.15, 0.2) is 5.03 Å². The molecule has 1 aromatic carbocycles. The number of pyridine rings is 2. The molecule has 6 nitrogen and oxygen atoms in total. The molecule has 2 heterocycles. The van der Waals surface area contributed by atoms with Crippen LogP contribution in [-0.4, -0.2) is 23.5 Å². The fraction of sp³-hybridized carbons (Fsp3) is 0.111. The Morgan fingerprint density at radius 1 is 1.00 bits per heavy atom. The normalized spacial score (nSPS) is 12.0. The van der Waals surface area contributed by atoms with Crippen molar-refractivity contribution in [3.8, 4) is 11.3 Å². The van der Waals surface area contributed by atoms with Gasteiger partial charge < -0.3 is 5.11 Å². The van der Waals surface area contributed by atoms with Gasteiger partial charge in [0.25, 0.3) is 10.0 Å². The molecule has 0 saturated heterocycles. The zero-order chi connectivity index (χ0) is 20.4. The molecule has 0 aliphatic heterocycles. The molecule has 0 aliphatic carbocycles. The van der Waals surface area contributed by atoms with E-state index in [9.17, 15) is 26.7 Å². The Morgan fingerprint density at radius 3 is 2.36 bits per heavy atom. The fourth-order valence-electron chi connectivity index (χ4n) is 2.54. The second-order valence-corrected chi connectivity index (χ2v) is 7.31. The van der Waals surface area contributed by atoms with Gasteiger partial charge in [0, 0.05) is 11.8 Å². The highest BCUT2D eigenvalue weighted by molar-refractivity contribution is 7.92. The average molecular weight is 409 g/mol. The molecule has 0 spiro atoms. The van der Waals surface area contributed by atoms with Crippen LogP contribution in [0.2, 0.25) is 0 Å². The first-order valence-corrected chi connectivity index (χ1v) is 9.42. The first-order valence-electron chi connectivity index (χ1n) is 7.93. The summed E-state index contributed by atoms with van der Waals surface area (Å²) in [4.78, 5) is 7.60. The molecule has 0 fully saturated rings. The molecule has 3 rings (SSSR count). The van der Waals surface area contributed by atoms with E-state index in [0.717, 1.165) is 12.1 Å². The lowest BCUT2D eigenvalue weighted by Gasteiger charge is -2.16. The third-order valence-electron chi connectivity index (χ3n) is 3.80. The maximum absolute atomic E-state index is 13.5. The number of rotatable bonds is 5. The van der Waals surface area contributed by atoms with Crippen LogP contribution in [0.5, 0.6) is 0 Å². The van der Waals surface area contributed by atoms with E-state index in [4.69, 9.17) is 0 Å². The van der Waals surface area contributed by atoms with Gasteiger partial charge in [-0.2, -0.15) is 21.6 Å². The Labute approximate surface area is 158 Å². The number of nitrogens with one attached hydrogen (secondary N) is 1. The predicted molar refractivity (Wildman–Crippen MR) is 95.6 cm³/mol. The minimum absolute atomic E-state index is 0.0520. The van der Waals surface area contributed by atoms with Crippen LogP contribution in [0.3, 0.4) is 0 Å². The zero-order valence-corrected chi connectivity index (χ0v) is 15.0. The Hall–Kier alpha value is -2.98. The van der Waals surface area contributed by atoms with Crippen LogP contribution < -0.4 is 4.72 Å². The quantitative estimate of drug-likeness (QED) is 0.673. The highest BCUT2D eigenvalue weighted by Gasteiger charge is 2.35. The van der Waals surface area contributed by atoms with Gasteiger partial charge in [-0.1, -0.05) is 30.3 Å². The number of nitrogens with zero attached hydrogens (tertiary/aromatic N) is 2. The van der Waals surface area contributed by atoms with E-state index in [2.05, 4.69) is 14.7 Å². The van der Waals surface area contributed by atoms with E-state index in [1.54, 1.807) is 6.07 Å². The summed E-state index contributed by atoms with van der Waals surface area (Å²) in [6.45, 7) is -0.501. The van der Waals surface area contributed by atoms with E-state index >= 15 is 0 Å². The van der Waals surface area contributed by atoms with E-state index < -0.39 is 34.1 Å². The molecular formula is C18H14F3N3O3S. The van der Waals surface area contributed by atoms with Crippen LogP contribution in [0, 0.1) is 0 Å². The van der Waals surface area contributed by atoms with Crippen LogP contribution in [0.4, 0.5) is 19.0 Å². The summed E-state index contributed by atoms with van der Waals surface area (Å²) in [6.07, 6.45) is -3.44. The molecule has 10 heteroatoms. The minimum atomic E-state index is -4.72. The highest BCUT2D eigenvalue weighted by atomic mass is 32.2. The summed E-state index contributed by atoms with van der Waals surface area (Å²) in [5.41, 5.74) is -1.26. The number of aliphatic hydroxyl groups excluding tert-OH is 1. The van der Waals surface area contributed by atoms with E-state index in [0.29, 0.717) is 0 Å². The van der Waals surface area contributed by atoms with Crippen LogP contribution in [0.25, 0.3) is 11.3 Å². The molecule has 28 heavy (non-hydrogen) atoms. The molecule has 0 bridgehead atoms. The lowest BCUT2D eigenvalue weighted by atomic mass is 10.0. The molecule has 2 N–H and O–H groups in total. The average Bonchev–Trinajstić information content (AvgIpc) is 2.67. The van der Waals surface area contributed by atoms with E-state index in [1.807, 2.05) is 0 Å². The lowest BCUT2D eigenvalue weighted by Crippen LogP contribution is -2.17. The van der Waals surface area contributed by atoms with Gasteiger partial charge in [0.1, 0.15) is 5.82 Å². The van der Waals surface area contributed by atoms with Crippen molar-refractivity contribution in [1.82, 2.24) is 9.97 Å². The summed E-state index contributed by atoms with van der Waals surface area (Å²) in [5.74, 6) is -0.304. The Kier molecular flexibility index (Phi) is 5.34. The van der Waals surface area contributed by atoms with Crippen LogP contribution in [-0.2, 0) is 22.8 Å². The number of anilines is 1. The number of aromatic nitrogens is 2. The van der Waals surface area contributed by atoms with Gasteiger partial charge in [-0.3, -0.25) is 4.72 Å². The van der Waals surface area contributed by atoms with E-state index in [-0.39, 0.29) is 22.0 Å². The van der Waals surface area contributed by atoms with Crippen molar-refractivity contribution in [2.45, 2.75) is 17.8 Å². The van der Waals surface area contributed by atoms with Crippen molar-refractivity contribution in [1.29, 1.82) is 0 Å². The SMILES string of the molecule is O=S(=O)(Nc1ccc(C(F)(F)F)c(-c2ccccc2CO)n1)c1ccccn1. The van der Waals surface area contributed by atoms with Gasteiger partial charge >= 0.3 is 6.18 Å². The molecule has 0 saturated carbocycles. The number of aliphatic hydroxyl groups is 1. The molecule has 0 radical (unpaired) electrons. The first-order chi connectivity index (χ1) is 13.2. The summed E-state index contributed by atoms with van der Waals surface area (Å²) in [6, 6.07) is 11.8. The number of alkyl halides is 3. The number of halogens is 3. The summed E-state index contributed by atoms with van der Waals surface area (Å²) < 4.78 is 67.2. The number of benzene rings is 1. The smallest absolute Gasteiger partial charge is 0.392 e. The Morgan fingerprint density at radius 2 is 1.71 bits per heavy atom. The molecular weight excluding hydrogens is 395 g/mol. The van der Waals surface area contributed by atoms with Crippen molar-refractivity contribution in [2.75, 3.05) is 4.72 Å². The molecule has 146 valence electrons. The minimum Gasteiger partial charge on any atom is -0.392 e. The van der Waals surface area contributed by atoms with E-state index in [1.165, 1.54) is 42.6 Å². The second-order valence-electron chi connectivity index (χ2n) is 5.68. The van der Waals surface area contributed by atoms with Gasteiger partial charge in [-0.25, -0.2) is 9.97 Å². The molecule has 0 unspecified atom stereocenters. The van der Waals surface area contributed by atoms with Gasteiger partial charge in [-0.15, -0.1) is 0 Å². The number of hydrogen-bond acceptors (Lipinski definition) is 5. The van der Waals surface area contributed by atoms with Crippen molar-refractivity contribution in [3.63, 3.8) is 0 Å². The molecule has 3 aromatic rings. The van der Waals surface area contributed by atoms with Crippen molar-refractivity contribution < 1.29 is 26.7 Å². The second kappa shape index (κ2) is 7.56. The third-order valence-corrected chi connectivity index (χ3v) is 5.07. The lowest BCUT2D eigenvalue weighted by molar-refractivity contribution is -0.137. The molecule has 0 amide bonds. The van der Waals surface area contributed by atoms with Crippen molar-refractivity contribution in [3.05, 3.63) is 71.9 Å². The maximum atomic E-state index is 13.5. The van der Waals surface area contributed by atoms with Gasteiger partial charge in [0.2, 0.25) is 0 Å². The fourth-order valence-corrected chi connectivity index (χ4v) is 3.49. The largest absolute Gasteiger partial charge is 0.418 e. The Balaban J connectivity index is 2.11. The topological polar surface area (TPSA) is 92.2 Å². The number of sulfonamides is 1. The van der Waals surface area contributed by atoms with Gasteiger partial charge in [-0.05, 0) is 29.8 Å². The molecule has 0 aliphatic rings. The molecule has 0 atom stereocenters. The summed E-state index contributed by atoms with van der Waals surface area (Å²) >= 11 is 0. The van der Waals surface area contributed by atoms with Gasteiger partial charge in [0.05, 0.1) is 17.9 Å². The Bertz CT molecular complexity index is 1090. The maximum Gasteiger partial charge on any atom is 0.418 e. The summed E-state index contributed by atoms with van der Waals surface area (Å²) in [7, 11) is -4.13. The highest BCUT2D eigenvalue weighted by Crippen LogP contribution is 2.38. The predicted octanol–water partition coefficient (Wildman–Crippen LogP) is 3.46. The van der Waals surface area contributed by atoms with Crippen molar-refractivity contribution in [2.24, 2.45) is 0 Å². The standard InChI is InChI=1S/C18H14F3N3O3S/c19-18(20,21)14-8-9-15(24-28(26,27)16-7-3-4-10-22-16)23-17(14)13-6-2-1-5-12(13)11-25/h1-10,25H,11H2,(H,23,24). The van der Waals surface area contributed by atoms with Crippen LogP contribution >= 0.6 is 0 Å². The van der Waals surface area contributed by atoms with Crippen LogP contribution in [0.1, 0.15) is 11.1 Å². The monoisotopic (exact) mass is 409 g/mol. The van der Waals surface area contributed by atoms with Crippen molar-refractivity contribution >= 4 is 15.8 Å². The molecule has 2 aromatic heterocycles. The van der Waals surface area contributed by atoms with Crippen LogP contribution in [0.15, 0.2) is 65.8 Å².